The minimum Gasteiger partial charge on any atom is -0.511 e. The summed E-state index contributed by atoms with van der Waals surface area (Å²) in [6, 6.07) is 1.78. The molecule has 1 aromatic carbocycles. The van der Waals surface area contributed by atoms with Gasteiger partial charge in [-0.3, -0.25) is 9.59 Å². The molecule has 2 aliphatic heterocycles. The van der Waals surface area contributed by atoms with E-state index in [1.807, 2.05) is 33.8 Å². The molecule has 1 spiro atoms. The molecule has 7 rings (SSSR count). The quantitative estimate of drug-likeness (QED) is 0.0995. The number of carboxylic acid groups (broad SMARTS) is 1. The van der Waals surface area contributed by atoms with Crippen LogP contribution in [0.15, 0.2) is 70.1 Å². The standard InChI is InChI=1S/C50H65NO13/c1-23-13-12-14-24(2)37-27(5)18-31-34(63-46-42(55)49(10,60)39(29(7)62-46)51-43(56)35-26(4)17-30(61-11)19-33(35)52)16-15-25(3)38(31)48(37,9)40(53)36-41(54)50(64-45(36)59)21-28(6)32(44(57)58)22-47(50,8)20-23/h14,17-20,22,25,28-29,31,34,37-39,42,46,52-53,55,60H,12-13,15-16,21H2,1-11H3,(H,51,56)(H,57,58)/b23-20-,24-14+,40-36?/t25-,28+,29-,31+,34+,37-,38+,39+,42-,46+,47+,48+,49+,50-/m0/s1. The van der Waals surface area contributed by atoms with Gasteiger partial charge in [0.1, 0.15) is 34.5 Å². The number of rotatable bonds is 6. The van der Waals surface area contributed by atoms with Crippen LogP contribution in [0.2, 0.25) is 0 Å². The number of aliphatic hydroxyl groups is 3. The summed E-state index contributed by atoms with van der Waals surface area (Å²) in [6.07, 6.45) is 5.40. The number of nitrogens with one attached hydrogen (secondary N) is 1. The summed E-state index contributed by atoms with van der Waals surface area (Å²) >= 11 is 0. The SMILES string of the molecule is COc1cc(C)c(C(=O)N[C@@H]2[C@H](C)O[C@H](O[C@@H]3CC[C@H](C)[C@@H]4[C@@H]3C=C(C)[C@@H]3/C(C)=C/CC/C(C)=C\[C@]5(C)C=C(C(=O)O)[C@H](C)C[C@@]56OC(=O)C(=C(O)[C@@]43C)C6=O)[C@H](O)[C@]2(C)O)c(O)c1. The molecule has 6 N–H and O–H groups in total. The van der Waals surface area contributed by atoms with Gasteiger partial charge in [-0.1, -0.05) is 61.8 Å². The van der Waals surface area contributed by atoms with Crippen molar-refractivity contribution in [2.45, 2.75) is 143 Å². The molecule has 14 nitrogen and oxygen atoms in total. The highest BCUT2D eigenvalue weighted by atomic mass is 16.7. The van der Waals surface area contributed by atoms with Crippen LogP contribution in [0.25, 0.3) is 0 Å². The van der Waals surface area contributed by atoms with Crippen molar-refractivity contribution < 1.29 is 63.7 Å². The maximum absolute atomic E-state index is 15.2. The second-order valence-electron chi connectivity index (χ2n) is 20.2. The molecule has 2 bridgehead atoms. The maximum Gasteiger partial charge on any atom is 0.346 e. The van der Waals surface area contributed by atoms with Crippen molar-refractivity contribution in [3.8, 4) is 11.5 Å². The number of amides is 1. The van der Waals surface area contributed by atoms with Crippen molar-refractivity contribution in [2.75, 3.05) is 7.11 Å². The van der Waals surface area contributed by atoms with E-state index in [0.717, 1.165) is 16.7 Å². The number of fused-ring (bicyclic) bond motifs is 4. The number of hydrogen-bond acceptors (Lipinski definition) is 12. The van der Waals surface area contributed by atoms with Crippen LogP contribution in [0.5, 0.6) is 11.5 Å². The third-order valence-electron chi connectivity index (χ3n) is 15.7. The minimum atomic E-state index is -1.97. The molecular formula is C50H65NO13. The number of Topliss-reactive ketones (excluding diaryl/α,β-unsaturated/α-hetero) is 1. The molecule has 1 saturated carbocycles. The fourth-order valence-corrected chi connectivity index (χ4v) is 12.7. The summed E-state index contributed by atoms with van der Waals surface area (Å²) in [7, 11) is 1.44. The summed E-state index contributed by atoms with van der Waals surface area (Å²) < 4.78 is 24.4. The Morgan fingerprint density at radius 3 is 2.30 bits per heavy atom. The summed E-state index contributed by atoms with van der Waals surface area (Å²) in [5, 5.41) is 60.3. The first-order valence-corrected chi connectivity index (χ1v) is 22.5. The van der Waals surface area contributed by atoms with E-state index in [9.17, 15) is 39.9 Å². The first-order chi connectivity index (χ1) is 29.8. The van der Waals surface area contributed by atoms with Crippen LogP contribution >= 0.6 is 0 Å². The Morgan fingerprint density at radius 1 is 0.969 bits per heavy atom. The summed E-state index contributed by atoms with van der Waals surface area (Å²) in [5.41, 5.74) is -3.52. The highest BCUT2D eigenvalue weighted by Crippen LogP contribution is 2.62. The van der Waals surface area contributed by atoms with Crippen LogP contribution in [0.3, 0.4) is 0 Å². The first kappa shape index (κ1) is 47.2. The summed E-state index contributed by atoms with van der Waals surface area (Å²) in [5.74, 6) is -5.78. The lowest BCUT2D eigenvalue weighted by Crippen LogP contribution is -2.70. The zero-order valence-corrected chi connectivity index (χ0v) is 38.8. The molecule has 4 aliphatic carbocycles. The fourth-order valence-electron chi connectivity index (χ4n) is 12.7. The average molecular weight is 888 g/mol. The van der Waals surface area contributed by atoms with E-state index >= 15 is 4.79 Å². The monoisotopic (exact) mass is 887 g/mol. The number of ketones is 1. The lowest BCUT2D eigenvalue weighted by molar-refractivity contribution is -0.315. The molecule has 1 amide bonds. The van der Waals surface area contributed by atoms with E-state index < -0.39 is 106 Å². The average Bonchev–Trinajstić information content (AvgIpc) is 3.45. The molecule has 0 unspecified atom stereocenters. The molecule has 64 heavy (non-hydrogen) atoms. The highest BCUT2D eigenvalue weighted by Gasteiger charge is 2.67. The van der Waals surface area contributed by atoms with Crippen LogP contribution < -0.4 is 10.1 Å². The number of aliphatic carboxylic acids is 1. The number of allylic oxidation sites excluding steroid dienone is 5. The van der Waals surface area contributed by atoms with Gasteiger partial charge in [-0.2, -0.15) is 0 Å². The Kier molecular flexibility index (Phi) is 12.2. The summed E-state index contributed by atoms with van der Waals surface area (Å²) in [4.78, 5) is 55.6. The lowest BCUT2D eigenvalue weighted by Gasteiger charge is -2.57. The van der Waals surface area contributed by atoms with Gasteiger partial charge in [-0.15, -0.1) is 0 Å². The molecule has 0 radical (unpaired) electrons. The van der Waals surface area contributed by atoms with Crippen molar-refractivity contribution in [2.24, 2.45) is 40.4 Å². The van der Waals surface area contributed by atoms with E-state index in [-0.39, 0.29) is 35.0 Å². The molecule has 0 aromatic heterocycles. The predicted molar refractivity (Wildman–Crippen MR) is 235 cm³/mol. The molecule has 14 heteroatoms. The number of hydrogen-bond donors (Lipinski definition) is 6. The van der Waals surface area contributed by atoms with Gasteiger partial charge in [-0.25, -0.2) is 9.59 Å². The largest absolute Gasteiger partial charge is 0.511 e. The Labute approximate surface area is 375 Å². The van der Waals surface area contributed by atoms with Crippen molar-refractivity contribution >= 4 is 23.6 Å². The second-order valence-corrected chi connectivity index (χ2v) is 20.2. The Bertz CT molecular complexity index is 2280. The lowest BCUT2D eigenvalue weighted by atomic mass is 9.49. The van der Waals surface area contributed by atoms with Gasteiger partial charge in [-0.05, 0) is 104 Å². The number of benzene rings is 1. The van der Waals surface area contributed by atoms with Gasteiger partial charge in [0.25, 0.3) is 5.91 Å². The van der Waals surface area contributed by atoms with Gasteiger partial charge in [0, 0.05) is 35.3 Å². The van der Waals surface area contributed by atoms with Crippen LogP contribution in [0.1, 0.15) is 110 Å². The highest BCUT2D eigenvalue weighted by molar-refractivity contribution is 6.26. The number of carbonyl (C=O) groups excluding carboxylic acids is 3. The van der Waals surface area contributed by atoms with E-state index in [0.29, 0.717) is 37.0 Å². The number of esters is 1. The minimum absolute atomic E-state index is 0.0168. The molecule has 14 atom stereocenters. The number of methoxy groups -OCH3 is 1. The van der Waals surface area contributed by atoms with Crippen LogP contribution in [0.4, 0.5) is 0 Å². The maximum atomic E-state index is 15.2. The molecule has 3 fully saturated rings. The molecule has 1 aromatic rings. The van der Waals surface area contributed by atoms with E-state index in [1.54, 1.807) is 39.8 Å². The van der Waals surface area contributed by atoms with Gasteiger partial charge in [0.2, 0.25) is 5.78 Å². The third-order valence-corrected chi connectivity index (χ3v) is 15.7. The molecule has 6 aliphatic rings. The zero-order chi connectivity index (χ0) is 47.2. The molecule has 2 heterocycles. The molecular weight excluding hydrogens is 823 g/mol. The number of aryl methyl sites for hydroxylation is 1. The van der Waals surface area contributed by atoms with Crippen molar-refractivity contribution in [1.29, 1.82) is 0 Å². The third kappa shape index (κ3) is 7.32. The normalized spacial score (nSPS) is 41.7. The number of carbonyl (C=O) groups is 4. The Balaban J connectivity index is 1.26. The number of ether oxygens (including phenoxy) is 4. The van der Waals surface area contributed by atoms with Crippen LogP contribution in [-0.4, -0.2) is 98.1 Å². The molecule has 348 valence electrons. The van der Waals surface area contributed by atoms with E-state index in [1.165, 1.54) is 20.1 Å². The zero-order valence-electron chi connectivity index (χ0n) is 38.8. The topological polar surface area (TPSA) is 218 Å². The predicted octanol–water partition coefficient (Wildman–Crippen LogP) is 6.71. The summed E-state index contributed by atoms with van der Waals surface area (Å²) in [6.45, 7) is 18.0. The smallest absolute Gasteiger partial charge is 0.346 e. The van der Waals surface area contributed by atoms with Crippen molar-refractivity contribution in [3.05, 3.63) is 81.2 Å². The first-order valence-electron chi connectivity index (χ1n) is 22.5. The van der Waals surface area contributed by atoms with Crippen molar-refractivity contribution in [3.63, 3.8) is 0 Å². The van der Waals surface area contributed by atoms with E-state index in [4.69, 9.17) is 18.9 Å². The van der Waals surface area contributed by atoms with Crippen molar-refractivity contribution in [1.82, 2.24) is 5.32 Å². The number of phenolic OH excluding ortho intramolecular Hbond substituents is 1. The van der Waals surface area contributed by atoms with Gasteiger partial charge >= 0.3 is 11.9 Å². The van der Waals surface area contributed by atoms with Gasteiger partial charge in [0.05, 0.1) is 36.3 Å². The van der Waals surface area contributed by atoms with Crippen LogP contribution in [-0.2, 0) is 28.6 Å². The fraction of sp³-hybridized carbons (Fsp3) is 0.600. The Hall–Kier alpha value is -4.76. The number of aliphatic hydroxyl groups excluding tert-OH is 2. The molecule has 2 saturated heterocycles. The van der Waals surface area contributed by atoms with E-state index in [2.05, 4.69) is 24.4 Å². The van der Waals surface area contributed by atoms with Gasteiger partial charge < -0.3 is 49.8 Å². The number of carboxylic acids is 1. The number of phenols is 1. The van der Waals surface area contributed by atoms with Crippen LogP contribution in [0, 0.1) is 47.3 Å². The van der Waals surface area contributed by atoms with Gasteiger partial charge in [0.15, 0.2) is 11.9 Å². The number of aromatic hydroxyl groups is 1. The Morgan fingerprint density at radius 2 is 1.66 bits per heavy atom. The second kappa shape index (κ2) is 16.6.